The van der Waals surface area contributed by atoms with Crippen molar-refractivity contribution in [1.82, 2.24) is 5.32 Å². The van der Waals surface area contributed by atoms with Gasteiger partial charge in [-0.05, 0) is 31.6 Å². The molecule has 3 N–H and O–H groups in total. The molecule has 1 atom stereocenters. The third-order valence-corrected chi connectivity index (χ3v) is 5.57. The molecule has 0 aromatic heterocycles. The van der Waals surface area contributed by atoms with E-state index in [0.717, 1.165) is 40.9 Å². The number of carboxylic acid groups (broad SMARTS) is 1. The quantitative estimate of drug-likeness (QED) is 0.311. The van der Waals surface area contributed by atoms with Crippen LogP contribution in [-0.2, 0) is 0 Å². The summed E-state index contributed by atoms with van der Waals surface area (Å²) in [6.45, 7) is 0.475. The number of rotatable bonds is 3. The van der Waals surface area contributed by atoms with Crippen molar-refractivity contribution in [1.29, 1.82) is 0 Å². The number of amides is 1. The Balaban J connectivity index is 1.69. The topological polar surface area (TPSA) is 103 Å². The van der Waals surface area contributed by atoms with Crippen LogP contribution >= 0.6 is 22.6 Å². The number of hydrogen-bond donors (Lipinski definition) is 2. The Kier molecular flexibility index (Phi) is 4.33. The molecule has 2 heterocycles. The number of quaternary nitrogens is 1. The average molecular weight is 415 g/mol. The summed E-state index contributed by atoms with van der Waals surface area (Å²) in [5.74, 6) is 7.13. The highest BCUT2D eigenvalue weighted by Crippen LogP contribution is 2.40. The lowest BCUT2D eigenvalue weighted by Gasteiger charge is -2.29. The molecule has 1 unspecified atom stereocenters. The van der Waals surface area contributed by atoms with E-state index in [1.165, 1.54) is 0 Å². The molecule has 2 aliphatic heterocycles. The van der Waals surface area contributed by atoms with Crippen molar-refractivity contribution in [3.8, 4) is 0 Å². The second-order valence-corrected chi connectivity index (χ2v) is 6.86. The lowest BCUT2D eigenvalue weighted by molar-refractivity contribution is -0.745. The van der Waals surface area contributed by atoms with Gasteiger partial charge in [0.05, 0.1) is 35.0 Å². The van der Waals surface area contributed by atoms with Crippen molar-refractivity contribution >= 4 is 38.7 Å². The Bertz CT molecular complexity index is 604. The molecule has 1 amide bonds. The van der Waals surface area contributed by atoms with Crippen molar-refractivity contribution in [3.63, 3.8) is 0 Å². The van der Waals surface area contributed by atoms with Gasteiger partial charge in [0.15, 0.2) is 0 Å². The second-order valence-electron chi connectivity index (χ2n) is 5.89. The van der Waals surface area contributed by atoms with Gasteiger partial charge < -0.3 is 15.2 Å². The van der Waals surface area contributed by atoms with Crippen LogP contribution < -0.4 is 16.3 Å². The number of aliphatic imine (C=N–C) groups is 2. The van der Waals surface area contributed by atoms with Crippen LogP contribution in [0.15, 0.2) is 33.8 Å². The van der Waals surface area contributed by atoms with Gasteiger partial charge in [0.25, 0.3) is 3.84 Å². The molecule has 8 heteroatoms. The fourth-order valence-electron chi connectivity index (χ4n) is 3.26. The number of nitrogens with one attached hydrogen (secondary N) is 1. The zero-order valence-corrected chi connectivity index (χ0v) is 14.2. The Morgan fingerprint density at radius 3 is 2.86 bits per heavy atom. The Hall–Kier alpha value is -1.26. The summed E-state index contributed by atoms with van der Waals surface area (Å²) in [5, 5.41) is 12.8. The molecule has 3 rings (SSSR count). The zero-order valence-electron chi connectivity index (χ0n) is 12.0. The van der Waals surface area contributed by atoms with Gasteiger partial charge in [0, 0.05) is 12.5 Å². The summed E-state index contributed by atoms with van der Waals surface area (Å²) in [6.07, 6.45) is 8.07. The minimum atomic E-state index is -1.20. The molecule has 0 spiro atoms. The molecule has 0 radical (unpaired) electrons. The van der Waals surface area contributed by atoms with Crippen LogP contribution in [0.25, 0.3) is 0 Å². The molecule has 3 aliphatic rings. The number of carbonyl (C=O) groups excluding carboxylic acids is 1. The molecule has 0 saturated heterocycles. The van der Waals surface area contributed by atoms with Crippen LogP contribution in [0.1, 0.15) is 25.7 Å². The molecule has 22 heavy (non-hydrogen) atoms. The first-order valence-electron chi connectivity index (χ1n) is 7.33. The fourth-order valence-corrected chi connectivity index (χ4v) is 3.94. The van der Waals surface area contributed by atoms with E-state index >= 15 is 0 Å². The molecule has 0 bridgehead atoms. The van der Waals surface area contributed by atoms with Crippen LogP contribution in [0.3, 0.4) is 0 Å². The first-order chi connectivity index (χ1) is 10.5. The van der Waals surface area contributed by atoms with Gasteiger partial charge in [-0.1, -0.05) is 0 Å². The van der Waals surface area contributed by atoms with E-state index in [0.29, 0.717) is 18.4 Å². The standard InChI is InChI=1S/C14H18IN5O2/c15-13-19-12(11-8-17-5-6-20(11,13)16)10-3-1-9(2-4-10)7-18-14(21)22/h5-6,8-10,18H,1-4,7,16H2. The van der Waals surface area contributed by atoms with Gasteiger partial charge in [0.2, 0.25) is 5.70 Å². The smallest absolute Gasteiger partial charge is 0.293 e. The second kappa shape index (κ2) is 6.09. The molecular formula is C14H18IN5O2. The van der Waals surface area contributed by atoms with Crippen molar-refractivity contribution in [3.05, 3.63) is 23.8 Å². The number of nitrogens with two attached hydrogens (primary N) is 1. The predicted molar refractivity (Wildman–Crippen MR) is 89.4 cm³/mol. The highest BCUT2D eigenvalue weighted by Gasteiger charge is 2.44. The minimum absolute atomic E-state index is 0.117. The normalized spacial score (nSPS) is 33.6. The summed E-state index contributed by atoms with van der Waals surface area (Å²) in [4.78, 5) is 19.3. The van der Waals surface area contributed by atoms with Crippen LogP contribution in [0.4, 0.5) is 4.79 Å². The van der Waals surface area contributed by atoms with Crippen LogP contribution in [0, 0.1) is 11.8 Å². The van der Waals surface area contributed by atoms with Crippen LogP contribution in [-0.4, -0.2) is 27.3 Å². The number of allylic oxidation sites excluding steroid dienone is 2. The van der Waals surface area contributed by atoms with Crippen LogP contribution in [0.2, 0.25) is 0 Å². The first kappa shape index (κ1) is 15.6. The third kappa shape index (κ3) is 2.82. The van der Waals surface area contributed by atoms with E-state index < -0.39 is 6.09 Å². The van der Waals surface area contributed by atoms with Gasteiger partial charge in [-0.3, -0.25) is 4.99 Å². The van der Waals surface area contributed by atoms with E-state index in [2.05, 4.69) is 32.9 Å². The van der Waals surface area contributed by atoms with Crippen molar-refractivity contribution < 1.29 is 14.5 Å². The Morgan fingerprint density at radius 2 is 2.18 bits per heavy atom. The number of nitrogens with zero attached hydrogens (tertiary/aromatic N) is 3. The molecule has 1 saturated carbocycles. The fraction of sp³-hybridized carbons (Fsp3) is 0.500. The molecule has 1 aliphatic carbocycles. The molecule has 1 fully saturated rings. The summed E-state index contributed by atoms with van der Waals surface area (Å²) < 4.78 is 0.941. The molecular weight excluding hydrogens is 397 g/mol. The van der Waals surface area contributed by atoms with Crippen molar-refractivity contribution in [2.75, 3.05) is 6.54 Å². The van der Waals surface area contributed by atoms with Crippen molar-refractivity contribution in [2.45, 2.75) is 25.7 Å². The minimum Gasteiger partial charge on any atom is -0.530 e. The number of fused-ring (bicyclic) bond motifs is 1. The maximum Gasteiger partial charge on any atom is 0.293 e. The monoisotopic (exact) mass is 415 g/mol. The van der Waals surface area contributed by atoms with Gasteiger partial charge in [-0.25, -0.2) is 0 Å². The third-order valence-electron chi connectivity index (χ3n) is 4.53. The van der Waals surface area contributed by atoms with Crippen molar-refractivity contribution in [2.24, 2.45) is 27.7 Å². The zero-order chi connectivity index (χ0) is 15.7. The number of amidine groups is 1. The summed E-state index contributed by atoms with van der Waals surface area (Å²) in [7, 11) is 0. The molecule has 118 valence electrons. The SMILES string of the molecule is N[N+]12C=CN=CC1=C(C1CCC(CNC(=O)[O-])CC1)N=C2I. The Morgan fingerprint density at radius 1 is 1.45 bits per heavy atom. The van der Waals surface area contributed by atoms with E-state index in [9.17, 15) is 9.90 Å². The first-order valence-corrected chi connectivity index (χ1v) is 8.41. The Labute approximate surface area is 142 Å². The van der Waals surface area contributed by atoms with Gasteiger partial charge in [0.1, 0.15) is 18.0 Å². The van der Waals surface area contributed by atoms with Gasteiger partial charge >= 0.3 is 0 Å². The van der Waals surface area contributed by atoms with Crippen LogP contribution in [0.5, 0.6) is 0 Å². The van der Waals surface area contributed by atoms with E-state index in [4.69, 9.17) is 10.8 Å². The van der Waals surface area contributed by atoms with E-state index in [1.54, 1.807) is 12.4 Å². The summed E-state index contributed by atoms with van der Waals surface area (Å²) in [5.41, 5.74) is 1.98. The molecule has 7 nitrogen and oxygen atoms in total. The maximum atomic E-state index is 10.5. The highest BCUT2D eigenvalue weighted by atomic mass is 127. The van der Waals surface area contributed by atoms with Gasteiger partial charge in [-0.2, -0.15) is 10.8 Å². The molecule has 0 aromatic rings. The highest BCUT2D eigenvalue weighted by molar-refractivity contribution is 14.1. The predicted octanol–water partition coefficient (Wildman–Crippen LogP) is 0.988. The largest absolute Gasteiger partial charge is 0.530 e. The maximum absolute atomic E-state index is 10.5. The number of halogens is 1. The summed E-state index contributed by atoms with van der Waals surface area (Å²) >= 11 is 2.18. The number of carbonyl (C=O) groups is 1. The molecule has 0 aromatic carbocycles. The van der Waals surface area contributed by atoms with E-state index in [1.807, 2.05) is 6.20 Å². The lowest BCUT2D eigenvalue weighted by Crippen LogP contribution is -2.50. The lowest BCUT2D eigenvalue weighted by atomic mass is 9.80. The summed E-state index contributed by atoms with van der Waals surface area (Å²) in [6, 6.07) is 0. The van der Waals surface area contributed by atoms with Gasteiger partial charge in [-0.15, -0.1) is 4.59 Å². The number of hydrogen-bond acceptors (Lipinski definition) is 5. The van der Waals surface area contributed by atoms with E-state index in [-0.39, 0.29) is 4.59 Å². The average Bonchev–Trinajstić information content (AvgIpc) is 2.78.